The lowest BCUT2D eigenvalue weighted by molar-refractivity contribution is 0.463. The molecule has 0 saturated carbocycles. The minimum atomic E-state index is 0.574. The van der Waals surface area contributed by atoms with Crippen molar-refractivity contribution in [2.75, 3.05) is 13.1 Å². The van der Waals surface area contributed by atoms with Crippen LogP contribution in [0.5, 0.6) is 0 Å². The normalized spacial score (nSPS) is 12.8. The second kappa shape index (κ2) is 7.25. The summed E-state index contributed by atoms with van der Waals surface area (Å²) in [7, 11) is 1.96. The number of rotatable bonds is 7. The van der Waals surface area contributed by atoms with Gasteiger partial charge in [-0.05, 0) is 35.9 Å². The molecular formula is C17H25N3. The van der Waals surface area contributed by atoms with Crippen molar-refractivity contribution in [1.29, 1.82) is 0 Å². The zero-order chi connectivity index (χ0) is 14.4. The van der Waals surface area contributed by atoms with Crippen LogP contribution in [0.2, 0.25) is 0 Å². The molecule has 1 N–H and O–H groups in total. The van der Waals surface area contributed by atoms with E-state index in [1.54, 1.807) is 0 Å². The van der Waals surface area contributed by atoms with Crippen LogP contribution >= 0.6 is 0 Å². The van der Waals surface area contributed by atoms with Gasteiger partial charge in [0.05, 0.1) is 6.20 Å². The van der Waals surface area contributed by atoms with Crippen molar-refractivity contribution < 1.29 is 0 Å². The van der Waals surface area contributed by atoms with Gasteiger partial charge in [-0.1, -0.05) is 44.2 Å². The first-order chi connectivity index (χ1) is 9.66. The smallest absolute Gasteiger partial charge is 0.0522 e. The number of aromatic nitrogens is 2. The van der Waals surface area contributed by atoms with Gasteiger partial charge in [0.1, 0.15) is 0 Å². The maximum Gasteiger partial charge on any atom is 0.0522 e. The maximum atomic E-state index is 4.20. The Hall–Kier alpha value is -1.61. The summed E-state index contributed by atoms with van der Waals surface area (Å²) in [5.41, 5.74) is 2.72. The third kappa shape index (κ3) is 4.20. The molecule has 0 spiro atoms. The highest BCUT2D eigenvalue weighted by atomic mass is 15.2. The van der Waals surface area contributed by atoms with E-state index in [2.05, 4.69) is 60.8 Å². The molecule has 1 atom stereocenters. The molecule has 0 aliphatic carbocycles. The SMILES string of the molecule is CC(C)C(CNCCc1cnn(C)c1)c1ccccc1. The third-order valence-electron chi connectivity index (χ3n) is 3.75. The fourth-order valence-electron chi connectivity index (χ4n) is 2.53. The molecule has 1 unspecified atom stereocenters. The van der Waals surface area contributed by atoms with Crippen LogP contribution in [0.15, 0.2) is 42.7 Å². The average molecular weight is 271 g/mol. The lowest BCUT2D eigenvalue weighted by atomic mass is 9.88. The van der Waals surface area contributed by atoms with E-state index in [9.17, 15) is 0 Å². The first kappa shape index (κ1) is 14.8. The van der Waals surface area contributed by atoms with Crippen molar-refractivity contribution in [2.45, 2.75) is 26.2 Å². The van der Waals surface area contributed by atoms with Crippen LogP contribution in [0.3, 0.4) is 0 Å². The lowest BCUT2D eigenvalue weighted by Crippen LogP contribution is -2.26. The molecular weight excluding hydrogens is 246 g/mol. The second-order valence-electron chi connectivity index (χ2n) is 5.74. The molecule has 0 saturated heterocycles. The van der Waals surface area contributed by atoms with Gasteiger partial charge >= 0.3 is 0 Å². The average Bonchev–Trinajstić information content (AvgIpc) is 2.85. The van der Waals surface area contributed by atoms with E-state index in [4.69, 9.17) is 0 Å². The molecule has 1 aromatic heterocycles. The number of hydrogen-bond donors (Lipinski definition) is 1. The molecule has 2 aromatic rings. The van der Waals surface area contributed by atoms with Crippen LogP contribution in [0.4, 0.5) is 0 Å². The molecule has 0 aliphatic rings. The Bertz CT molecular complexity index is 502. The molecule has 3 nitrogen and oxygen atoms in total. The van der Waals surface area contributed by atoms with E-state index in [0.717, 1.165) is 19.5 Å². The molecule has 0 bridgehead atoms. The number of benzene rings is 1. The Morgan fingerprint density at radius 3 is 2.55 bits per heavy atom. The van der Waals surface area contributed by atoms with Gasteiger partial charge in [0, 0.05) is 19.8 Å². The monoisotopic (exact) mass is 271 g/mol. The van der Waals surface area contributed by atoms with Crippen molar-refractivity contribution in [3.63, 3.8) is 0 Å². The summed E-state index contributed by atoms with van der Waals surface area (Å²) < 4.78 is 1.86. The Morgan fingerprint density at radius 1 is 1.20 bits per heavy atom. The summed E-state index contributed by atoms with van der Waals surface area (Å²) in [6.07, 6.45) is 5.06. The van der Waals surface area contributed by atoms with Crippen LogP contribution < -0.4 is 5.32 Å². The predicted molar refractivity (Wildman–Crippen MR) is 83.8 cm³/mol. The van der Waals surface area contributed by atoms with Crippen molar-refractivity contribution in [1.82, 2.24) is 15.1 Å². The summed E-state index contributed by atoms with van der Waals surface area (Å²) in [4.78, 5) is 0. The van der Waals surface area contributed by atoms with Crippen molar-refractivity contribution in [2.24, 2.45) is 13.0 Å². The third-order valence-corrected chi connectivity index (χ3v) is 3.75. The highest BCUT2D eigenvalue weighted by Gasteiger charge is 2.14. The summed E-state index contributed by atoms with van der Waals surface area (Å²) in [6, 6.07) is 10.8. The largest absolute Gasteiger partial charge is 0.316 e. The molecule has 0 amide bonds. The van der Waals surface area contributed by atoms with Gasteiger partial charge in [-0.25, -0.2) is 0 Å². The first-order valence-electron chi connectivity index (χ1n) is 7.40. The van der Waals surface area contributed by atoms with E-state index in [0.29, 0.717) is 11.8 Å². The lowest BCUT2D eigenvalue weighted by Gasteiger charge is -2.22. The van der Waals surface area contributed by atoms with Crippen LogP contribution in [0, 0.1) is 5.92 Å². The van der Waals surface area contributed by atoms with Gasteiger partial charge in [0.25, 0.3) is 0 Å². The summed E-state index contributed by atoms with van der Waals surface area (Å²) >= 11 is 0. The summed E-state index contributed by atoms with van der Waals surface area (Å²) in [5.74, 6) is 1.22. The number of aryl methyl sites for hydroxylation is 1. The zero-order valence-corrected chi connectivity index (χ0v) is 12.7. The molecule has 1 aromatic carbocycles. The topological polar surface area (TPSA) is 29.9 Å². The van der Waals surface area contributed by atoms with E-state index >= 15 is 0 Å². The first-order valence-corrected chi connectivity index (χ1v) is 7.40. The summed E-state index contributed by atoms with van der Waals surface area (Å²) in [6.45, 7) is 6.62. The number of hydrogen-bond acceptors (Lipinski definition) is 2. The van der Waals surface area contributed by atoms with Crippen LogP contribution in [0.1, 0.15) is 30.9 Å². The molecule has 2 rings (SSSR count). The van der Waals surface area contributed by atoms with E-state index in [1.165, 1.54) is 11.1 Å². The number of nitrogens with one attached hydrogen (secondary N) is 1. The number of nitrogens with zero attached hydrogens (tertiary/aromatic N) is 2. The minimum absolute atomic E-state index is 0.574. The molecule has 0 fully saturated rings. The van der Waals surface area contributed by atoms with E-state index in [1.807, 2.05) is 17.9 Å². The van der Waals surface area contributed by atoms with Gasteiger partial charge in [0.2, 0.25) is 0 Å². The van der Waals surface area contributed by atoms with Gasteiger partial charge in [-0.15, -0.1) is 0 Å². The van der Waals surface area contributed by atoms with Gasteiger partial charge in [0.15, 0.2) is 0 Å². The van der Waals surface area contributed by atoms with Crippen LogP contribution in [0.25, 0.3) is 0 Å². The Morgan fingerprint density at radius 2 is 1.95 bits per heavy atom. The predicted octanol–water partition coefficient (Wildman–Crippen LogP) is 2.99. The highest BCUT2D eigenvalue weighted by molar-refractivity contribution is 5.20. The zero-order valence-electron chi connectivity index (χ0n) is 12.7. The fraction of sp³-hybridized carbons (Fsp3) is 0.471. The standard InChI is InChI=1S/C17H25N3/c1-14(2)17(16-7-5-4-6-8-16)12-18-10-9-15-11-19-20(3)13-15/h4-8,11,13-14,17-18H,9-10,12H2,1-3H3. The Balaban J connectivity index is 1.81. The molecule has 3 heteroatoms. The van der Waals surface area contributed by atoms with Gasteiger partial charge in [-0.2, -0.15) is 5.10 Å². The van der Waals surface area contributed by atoms with Crippen molar-refractivity contribution in [3.05, 3.63) is 53.9 Å². The molecule has 0 aliphatic heterocycles. The Kier molecular flexibility index (Phi) is 5.36. The van der Waals surface area contributed by atoms with Gasteiger partial charge in [-0.3, -0.25) is 4.68 Å². The maximum absolute atomic E-state index is 4.20. The quantitative estimate of drug-likeness (QED) is 0.785. The van der Waals surface area contributed by atoms with E-state index < -0.39 is 0 Å². The van der Waals surface area contributed by atoms with Crippen LogP contribution in [-0.4, -0.2) is 22.9 Å². The molecule has 20 heavy (non-hydrogen) atoms. The molecule has 0 radical (unpaired) electrons. The van der Waals surface area contributed by atoms with Crippen LogP contribution in [-0.2, 0) is 13.5 Å². The Labute approximate surface area is 122 Å². The summed E-state index contributed by atoms with van der Waals surface area (Å²) in [5, 5.41) is 7.78. The fourth-order valence-corrected chi connectivity index (χ4v) is 2.53. The minimum Gasteiger partial charge on any atom is -0.316 e. The molecule has 108 valence electrons. The van der Waals surface area contributed by atoms with Crippen molar-refractivity contribution >= 4 is 0 Å². The van der Waals surface area contributed by atoms with E-state index in [-0.39, 0.29) is 0 Å². The molecule has 1 heterocycles. The van der Waals surface area contributed by atoms with Gasteiger partial charge < -0.3 is 5.32 Å². The van der Waals surface area contributed by atoms with Crippen molar-refractivity contribution in [3.8, 4) is 0 Å². The highest BCUT2D eigenvalue weighted by Crippen LogP contribution is 2.23. The second-order valence-corrected chi connectivity index (χ2v) is 5.74.